The van der Waals surface area contributed by atoms with Gasteiger partial charge in [0.05, 0.1) is 44.6 Å². The Morgan fingerprint density at radius 2 is 1.44 bits per heavy atom. The van der Waals surface area contributed by atoms with Crippen LogP contribution in [0.1, 0.15) is 36.0 Å². The number of carbonyl (C=O) groups is 3. The van der Waals surface area contributed by atoms with Crippen molar-refractivity contribution < 1.29 is 33.3 Å². The second-order valence-corrected chi connectivity index (χ2v) is 7.98. The van der Waals surface area contributed by atoms with Gasteiger partial charge >= 0.3 is 5.97 Å². The Balaban J connectivity index is 1.94. The summed E-state index contributed by atoms with van der Waals surface area (Å²) in [5, 5.41) is 5.69. The van der Waals surface area contributed by atoms with Gasteiger partial charge in [-0.15, -0.1) is 11.3 Å². The Kier molecular flexibility index (Phi) is 7.75. The monoisotopic (exact) mass is 484 g/mol. The fraction of sp³-hybridized carbons (Fsp3) is 0.208. The van der Waals surface area contributed by atoms with Crippen LogP contribution < -0.4 is 24.8 Å². The van der Waals surface area contributed by atoms with E-state index in [0.29, 0.717) is 34.1 Å². The zero-order chi connectivity index (χ0) is 24.8. The number of benzene rings is 2. The van der Waals surface area contributed by atoms with Crippen LogP contribution in [0.2, 0.25) is 0 Å². The van der Waals surface area contributed by atoms with E-state index in [1.807, 2.05) is 0 Å². The minimum atomic E-state index is -0.670. The second kappa shape index (κ2) is 10.7. The van der Waals surface area contributed by atoms with Gasteiger partial charge in [0, 0.05) is 11.6 Å². The van der Waals surface area contributed by atoms with E-state index in [9.17, 15) is 14.4 Å². The molecule has 0 aliphatic heterocycles. The molecule has 2 aromatic carbocycles. The minimum absolute atomic E-state index is 0.108. The topological polar surface area (TPSA) is 112 Å². The summed E-state index contributed by atoms with van der Waals surface area (Å²) in [5.41, 5.74) is 1.23. The number of thiophene rings is 1. The van der Waals surface area contributed by atoms with Gasteiger partial charge < -0.3 is 29.6 Å². The third-order valence-corrected chi connectivity index (χ3v) is 6.18. The summed E-state index contributed by atoms with van der Waals surface area (Å²) in [5.74, 6) is -0.0339. The van der Waals surface area contributed by atoms with Gasteiger partial charge in [0.1, 0.15) is 22.2 Å². The normalized spacial score (nSPS) is 10.3. The average Bonchev–Trinajstić information content (AvgIpc) is 3.18. The molecule has 0 aliphatic rings. The van der Waals surface area contributed by atoms with Crippen LogP contribution in [0.15, 0.2) is 42.5 Å². The Labute approximate surface area is 200 Å². The fourth-order valence-electron chi connectivity index (χ4n) is 3.17. The van der Waals surface area contributed by atoms with Crippen molar-refractivity contribution in [2.45, 2.75) is 6.92 Å². The first-order chi connectivity index (χ1) is 16.3. The van der Waals surface area contributed by atoms with E-state index in [1.54, 1.807) is 49.4 Å². The molecular weight excluding hydrogens is 460 g/mol. The maximum Gasteiger partial charge on any atom is 0.341 e. The minimum Gasteiger partial charge on any atom is -0.497 e. The first-order valence-corrected chi connectivity index (χ1v) is 10.8. The Morgan fingerprint density at radius 3 is 2.03 bits per heavy atom. The number of hydrogen-bond acceptors (Lipinski definition) is 8. The third-order valence-electron chi connectivity index (χ3n) is 4.98. The molecule has 1 heterocycles. The summed E-state index contributed by atoms with van der Waals surface area (Å²) < 4.78 is 20.5. The molecular formula is C24H24N2O7S. The highest BCUT2D eigenvalue weighted by molar-refractivity contribution is 7.19. The van der Waals surface area contributed by atoms with Gasteiger partial charge in [0.25, 0.3) is 11.8 Å². The van der Waals surface area contributed by atoms with Crippen LogP contribution in [0.25, 0.3) is 0 Å². The lowest BCUT2D eigenvalue weighted by Crippen LogP contribution is -2.14. The summed E-state index contributed by atoms with van der Waals surface area (Å²) in [4.78, 5) is 38.6. The van der Waals surface area contributed by atoms with Gasteiger partial charge in [-0.25, -0.2) is 4.79 Å². The first-order valence-electron chi connectivity index (χ1n) is 10.0. The van der Waals surface area contributed by atoms with E-state index in [2.05, 4.69) is 10.6 Å². The summed E-state index contributed by atoms with van der Waals surface area (Å²) >= 11 is 0.970. The maximum absolute atomic E-state index is 13.1. The molecule has 0 bridgehead atoms. The molecule has 0 radical (unpaired) electrons. The van der Waals surface area contributed by atoms with Gasteiger partial charge in [0.2, 0.25) is 0 Å². The van der Waals surface area contributed by atoms with Crippen LogP contribution in [0, 0.1) is 6.92 Å². The Bertz CT molecular complexity index is 1220. The molecule has 0 fully saturated rings. The van der Waals surface area contributed by atoms with E-state index in [1.165, 1.54) is 28.4 Å². The first kappa shape index (κ1) is 24.6. The summed E-state index contributed by atoms with van der Waals surface area (Å²) in [6.07, 6.45) is 0. The Morgan fingerprint density at radius 1 is 0.794 bits per heavy atom. The van der Waals surface area contributed by atoms with Crippen LogP contribution in [-0.4, -0.2) is 46.2 Å². The molecule has 0 saturated carbocycles. The highest BCUT2D eigenvalue weighted by Gasteiger charge is 2.27. The van der Waals surface area contributed by atoms with E-state index >= 15 is 0 Å². The number of ether oxygens (including phenoxy) is 4. The van der Waals surface area contributed by atoms with Crippen molar-refractivity contribution in [3.63, 3.8) is 0 Å². The highest BCUT2D eigenvalue weighted by Crippen LogP contribution is 2.36. The molecule has 0 saturated heterocycles. The van der Waals surface area contributed by atoms with E-state index < -0.39 is 17.8 Å². The molecule has 3 rings (SSSR count). The number of hydrogen-bond donors (Lipinski definition) is 2. The smallest absolute Gasteiger partial charge is 0.341 e. The number of anilines is 2. The van der Waals surface area contributed by atoms with Crippen molar-refractivity contribution in [1.29, 1.82) is 0 Å². The second-order valence-electron chi connectivity index (χ2n) is 6.95. The number of amides is 2. The quantitative estimate of drug-likeness (QED) is 0.457. The third kappa shape index (κ3) is 5.12. The molecule has 2 amide bonds. The molecule has 2 N–H and O–H groups in total. The number of esters is 1. The van der Waals surface area contributed by atoms with Gasteiger partial charge in [-0.05, 0) is 48.9 Å². The lowest BCUT2D eigenvalue weighted by Gasteiger charge is -2.11. The molecule has 10 heteroatoms. The Hall–Kier alpha value is -4.05. The molecule has 0 spiro atoms. The van der Waals surface area contributed by atoms with E-state index in [0.717, 1.165) is 11.3 Å². The van der Waals surface area contributed by atoms with E-state index in [-0.39, 0.29) is 15.4 Å². The molecule has 34 heavy (non-hydrogen) atoms. The van der Waals surface area contributed by atoms with Crippen molar-refractivity contribution >= 4 is 39.8 Å². The largest absolute Gasteiger partial charge is 0.497 e. The van der Waals surface area contributed by atoms with Crippen molar-refractivity contribution in [2.24, 2.45) is 0 Å². The average molecular weight is 485 g/mol. The molecule has 178 valence electrons. The van der Waals surface area contributed by atoms with Crippen molar-refractivity contribution in [3.8, 4) is 17.2 Å². The molecule has 3 aromatic rings. The van der Waals surface area contributed by atoms with Crippen molar-refractivity contribution in [2.75, 3.05) is 39.1 Å². The van der Waals surface area contributed by atoms with Gasteiger partial charge in [-0.1, -0.05) is 0 Å². The zero-order valence-corrected chi connectivity index (χ0v) is 20.1. The van der Waals surface area contributed by atoms with Crippen molar-refractivity contribution in [3.05, 3.63) is 64.0 Å². The van der Waals surface area contributed by atoms with Crippen LogP contribution in [0.3, 0.4) is 0 Å². The predicted octanol–water partition coefficient (Wildman–Crippen LogP) is 4.37. The lowest BCUT2D eigenvalue weighted by molar-refractivity contribution is 0.0601. The van der Waals surface area contributed by atoms with E-state index in [4.69, 9.17) is 18.9 Å². The number of rotatable bonds is 8. The molecule has 1 aromatic heterocycles. The van der Waals surface area contributed by atoms with Gasteiger partial charge in [-0.2, -0.15) is 0 Å². The van der Waals surface area contributed by atoms with Crippen LogP contribution in [0.4, 0.5) is 10.7 Å². The number of carbonyl (C=O) groups excluding carboxylic acids is 3. The van der Waals surface area contributed by atoms with Gasteiger partial charge in [-0.3, -0.25) is 9.59 Å². The van der Waals surface area contributed by atoms with Gasteiger partial charge in [0.15, 0.2) is 0 Å². The highest BCUT2D eigenvalue weighted by atomic mass is 32.1. The lowest BCUT2D eigenvalue weighted by atomic mass is 10.1. The van der Waals surface area contributed by atoms with Crippen molar-refractivity contribution in [1.82, 2.24) is 0 Å². The predicted molar refractivity (Wildman–Crippen MR) is 129 cm³/mol. The molecule has 0 unspecified atom stereocenters. The zero-order valence-electron chi connectivity index (χ0n) is 19.3. The summed E-state index contributed by atoms with van der Waals surface area (Å²) in [6, 6.07) is 11.5. The molecule has 9 nitrogen and oxygen atoms in total. The molecule has 0 aliphatic carbocycles. The van der Waals surface area contributed by atoms with Crippen LogP contribution in [0.5, 0.6) is 17.2 Å². The summed E-state index contributed by atoms with van der Waals surface area (Å²) in [6.45, 7) is 1.61. The fourth-order valence-corrected chi connectivity index (χ4v) is 4.26. The summed E-state index contributed by atoms with van der Waals surface area (Å²) in [7, 11) is 5.75. The maximum atomic E-state index is 13.1. The van der Waals surface area contributed by atoms with Crippen LogP contribution >= 0.6 is 11.3 Å². The number of nitrogens with one attached hydrogen (secondary N) is 2. The SMILES string of the molecule is COC(=O)c1c(NC(=O)c2ccc(OC)cc2)sc(C(=O)Nc2cc(OC)ccc2OC)c1C. The standard InChI is InChI=1S/C24H24N2O7S/c1-13-19(24(29)33-5)23(26-21(27)14-6-8-15(30-2)9-7-14)34-20(13)22(28)25-17-12-16(31-3)10-11-18(17)32-4/h6-12H,1-5H3,(H,25,28)(H,26,27). The number of methoxy groups -OCH3 is 4. The molecule has 0 atom stereocenters. The van der Waals surface area contributed by atoms with Crippen LogP contribution in [-0.2, 0) is 4.74 Å².